The molecule has 0 bridgehead atoms. The predicted molar refractivity (Wildman–Crippen MR) is 81.5 cm³/mol. The molecule has 0 radical (unpaired) electrons. The topological polar surface area (TPSA) is 69.5 Å². The summed E-state index contributed by atoms with van der Waals surface area (Å²) in [6.45, 7) is 13.1. The lowest BCUT2D eigenvalue weighted by atomic mass is 10.1. The monoisotopic (exact) mass is 310 g/mol. The van der Waals surface area contributed by atoms with Crippen LogP contribution in [-0.4, -0.2) is 50.8 Å². The second kappa shape index (κ2) is 6.24. The van der Waals surface area contributed by atoms with Crippen molar-refractivity contribution in [2.45, 2.75) is 65.9 Å². The molecule has 1 amide bonds. The molecule has 1 saturated heterocycles. The summed E-state index contributed by atoms with van der Waals surface area (Å²) in [7, 11) is 0. The van der Waals surface area contributed by atoms with Gasteiger partial charge in [-0.1, -0.05) is 19.1 Å². The van der Waals surface area contributed by atoms with Gasteiger partial charge in [-0.05, 0) is 27.7 Å². The molecule has 2 aliphatic rings. The number of nitrogens with zero attached hydrogens (tertiary/aromatic N) is 4. The Morgan fingerprint density at radius 1 is 1.32 bits per heavy atom. The number of fused-ring (bicyclic) bond motifs is 3. The highest BCUT2D eigenvalue weighted by molar-refractivity contribution is 5.68. The van der Waals surface area contributed by atoms with Crippen LogP contribution in [0.5, 0.6) is 0 Å². The van der Waals surface area contributed by atoms with Crippen LogP contribution >= 0.6 is 0 Å². The van der Waals surface area contributed by atoms with Crippen molar-refractivity contribution >= 4 is 6.09 Å². The molecule has 0 unspecified atom stereocenters. The van der Waals surface area contributed by atoms with E-state index >= 15 is 0 Å². The van der Waals surface area contributed by atoms with Crippen LogP contribution < -0.4 is 0 Å². The molecular formula is C15H26N4O3. The Morgan fingerprint density at radius 3 is 2.64 bits per heavy atom. The zero-order valence-electron chi connectivity index (χ0n) is 14.3. The molecule has 7 nitrogen and oxygen atoms in total. The number of aromatic nitrogens is 3. The molecule has 1 aromatic rings. The molecule has 0 saturated carbocycles. The molecule has 0 aromatic carbocycles. The molecule has 0 spiro atoms. The molecule has 3 heterocycles. The lowest BCUT2D eigenvalue weighted by Gasteiger charge is -2.25. The summed E-state index contributed by atoms with van der Waals surface area (Å²) in [5, 5.41) is 8.26. The summed E-state index contributed by atoms with van der Waals surface area (Å²) in [4.78, 5) is 13.8. The summed E-state index contributed by atoms with van der Waals surface area (Å²) in [5.74, 6) is 0. The number of aryl methyl sites for hydroxylation is 1. The lowest BCUT2D eigenvalue weighted by Crippen LogP contribution is -2.36. The SMILES string of the molecule is CC.Cc1nnn2c1CO[C@@H]1CN(C(=O)OC(C)(C)C)C[C@H]12. The normalized spacial score (nSPS) is 23.3. The second-order valence-corrected chi connectivity index (χ2v) is 6.37. The van der Waals surface area contributed by atoms with Gasteiger partial charge in [0.15, 0.2) is 0 Å². The molecule has 1 aromatic heterocycles. The van der Waals surface area contributed by atoms with Gasteiger partial charge in [0.2, 0.25) is 0 Å². The average molecular weight is 310 g/mol. The highest BCUT2D eigenvalue weighted by Crippen LogP contribution is 2.31. The third-order valence-corrected chi connectivity index (χ3v) is 3.62. The standard InChI is InChI=1S/C13H20N4O3.C2H6/c1-8-10-7-19-11-6-16(12(18)20-13(2,3)4)5-9(11)17(10)15-14-8;1-2/h9,11H,5-7H2,1-4H3;1-2H3/t9-,11-;/m1./s1. The molecule has 2 atom stereocenters. The van der Waals surface area contributed by atoms with Crippen molar-refractivity contribution in [3.63, 3.8) is 0 Å². The zero-order chi connectivity index (χ0) is 16.5. The first-order valence-corrected chi connectivity index (χ1v) is 7.85. The average Bonchev–Trinajstić information content (AvgIpc) is 3.03. The van der Waals surface area contributed by atoms with Gasteiger partial charge in [0.25, 0.3) is 0 Å². The number of carbonyl (C=O) groups excluding carboxylic acids is 1. The number of amides is 1. The first-order chi connectivity index (χ1) is 10.3. The van der Waals surface area contributed by atoms with Crippen LogP contribution in [0.25, 0.3) is 0 Å². The van der Waals surface area contributed by atoms with Crippen molar-refractivity contribution in [2.75, 3.05) is 13.1 Å². The third kappa shape index (κ3) is 3.24. The van der Waals surface area contributed by atoms with Crippen LogP contribution in [-0.2, 0) is 16.1 Å². The van der Waals surface area contributed by atoms with Crippen LogP contribution in [0.3, 0.4) is 0 Å². The fourth-order valence-electron chi connectivity index (χ4n) is 2.65. The molecule has 1 fully saturated rings. The molecule has 0 aliphatic carbocycles. The Bertz CT molecular complexity index is 535. The van der Waals surface area contributed by atoms with Crippen molar-refractivity contribution in [3.8, 4) is 0 Å². The minimum Gasteiger partial charge on any atom is -0.444 e. The molecule has 124 valence electrons. The number of hydrogen-bond acceptors (Lipinski definition) is 5. The molecule has 2 aliphatic heterocycles. The van der Waals surface area contributed by atoms with E-state index in [0.717, 1.165) is 11.4 Å². The van der Waals surface area contributed by atoms with E-state index in [9.17, 15) is 4.79 Å². The van der Waals surface area contributed by atoms with Gasteiger partial charge in [0, 0.05) is 6.54 Å². The molecular weight excluding hydrogens is 284 g/mol. The Morgan fingerprint density at radius 2 is 2.00 bits per heavy atom. The van der Waals surface area contributed by atoms with Gasteiger partial charge in [0.05, 0.1) is 36.7 Å². The van der Waals surface area contributed by atoms with Gasteiger partial charge in [-0.3, -0.25) is 0 Å². The van der Waals surface area contributed by atoms with E-state index in [4.69, 9.17) is 9.47 Å². The molecule has 22 heavy (non-hydrogen) atoms. The van der Waals surface area contributed by atoms with E-state index in [1.807, 2.05) is 46.2 Å². The van der Waals surface area contributed by atoms with Crippen molar-refractivity contribution in [1.29, 1.82) is 0 Å². The van der Waals surface area contributed by atoms with E-state index in [0.29, 0.717) is 19.7 Å². The minimum absolute atomic E-state index is 0.0314. The molecule has 7 heteroatoms. The van der Waals surface area contributed by atoms with Crippen LogP contribution in [0.1, 0.15) is 52.0 Å². The van der Waals surface area contributed by atoms with E-state index in [1.54, 1.807) is 4.90 Å². The van der Waals surface area contributed by atoms with Crippen LogP contribution in [0, 0.1) is 6.92 Å². The van der Waals surface area contributed by atoms with Gasteiger partial charge in [-0.25, -0.2) is 9.48 Å². The Kier molecular flexibility index (Phi) is 4.75. The zero-order valence-corrected chi connectivity index (χ0v) is 14.3. The Labute approximate surface area is 131 Å². The first kappa shape index (κ1) is 16.7. The van der Waals surface area contributed by atoms with Gasteiger partial charge >= 0.3 is 6.09 Å². The number of hydrogen-bond donors (Lipinski definition) is 0. The second-order valence-electron chi connectivity index (χ2n) is 6.37. The number of likely N-dealkylation sites (tertiary alicyclic amines) is 1. The smallest absolute Gasteiger partial charge is 0.410 e. The maximum Gasteiger partial charge on any atom is 0.410 e. The maximum atomic E-state index is 12.1. The van der Waals surface area contributed by atoms with E-state index in [1.165, 1.54) is 0 Å². The van der Waals surface area contributed by atoms with E-state index < -0.39 is 5.60 Å². The number of ether oxygens (including phenoxy) is 2. The maximum absolute atomic E-state index is 12.1. The third-order valence-electron chi connectivity index (χ3n) is 3.62. The fraction of sp³-hybridized carbons (Fsp3) is 0.800. The number of carbonyl (C=O) groups is 1. The summed E-state index contributed by atoms with van der Waals surface area (Å²) < 4.78 is 13.1. The van der Waals surface area contributed by atoms with Crippen LogP contribution in [0.2, 0.25) is 0 Å². The van der Waals surface area contributed by atoms with Crippen LogP contribution in [0.4, 0.5) is 4.79 Å². The quantitative estimate of drug-likeness (QED) is 0.735. The Hall–Kier alpha value is -1.63. The molecule has 3 rings (SSSR count). The minimum atomic E-state index is -0.485. The van der Waals surface area contributed by atoms with Gasteiger partial charge in [-0.2, -0.15) is 0 Å². The highest BCUT2D eigenvalue weighted by Gasteiger charge is 2.43. The summed E-state index contributed by atoms with van der Waals surface area (Å²) >= 11 is 0. The van der Waals surface area contributed by atoms with Crippen molar-refractivity contribution < 1.29 is 14.3 Å². The van der Waals surface area contributed by atoms with Crippen molar-refractivity contribution in [1.82, 2.24) is 19.9 Å². The van der Waals surface area contributed by atoms with Crippen molar-refractivity contribution in [3.05, 3.63) is 11.4 Å². The fourth-order valence-corrected chi connectivity index (χ4v) is 2.65. The van der Waals surface area contributed by atoms with Crippen LogP contribution in [0.15, 0.2) is 0 Å². The van der Waals surface area contributed by atoms with Crippen molar-refractivity contribution in [2.24, 2.45) is 0 Å². The van der Waals surface area contributed by atoms with E-state index in [-0.39, 0.29) is 18.2 Å². The lowest BCUT2D eigenvalue weighted by molar-refractivity contribution is -0.00768. The Balaban J connectivity index is 0.000000847. The molecule has 0 N–H and O–H groups in total. The summed E-state index contributed by atoms with van der Waals surface area (Å²) in [6.07, 6.45) is -0.329. The number of rotatable bonds is 0. The highest BCUT2D eigenvalue weighted by atomic mass is 16.6. The first-order valence-electron chi connectivity index (χ1n) is 7.85. The van der Waals surface area contributed by atoms with Gasteiger partial charge < -0.3 is 14.4 Å². The predicted octanol–water partition coefficient (Wildman–Crippen LogP) is 2.30. The van der Waals surface area contributed by atoms with Gasteiger partial charge in [-0.15, -0.1) is 5.10 Å². The van der Waals surface area contributed by atoms with E-state index in [2.05, 4.69) is 10.3 Å². The van der Waals surface area contributed by atoms with Gasteiger partial charge in [0.1, 0.15) is 5.60 Å². The summed E-state index contributed by atoms with van der Waals surface area (Å²) in [5.41, 5.74) is 1.40. The largest absolute Gasteiger partial charge is 0.444 e. The summed E-state index contributed by atoms with van der Waals surface area (Å²) in [6, 6.07) is 0.0347.